The topological polar surface area (TPSA) is 26.0 Å². The summed E-state index contributed by atoms with van der Waals surface area (Å²) in [6.45, 7) is 15.1. The molecule has 3 aromatic rings. The van der Waals surface area contributed by atoms with Crippen LogP contribution in [0.25, 0.3) is 11.1 Å². The van der Waals surface area contributed by atoms with Crippen molar-refractivity contribution in [2.75, 3.05) is 5.73 Å². The van der Waals surface area contributed by atoms with Crippen LogP contribution in [0.5, 0.6) is 0 Å². The molecule has 6 unspecified atom stereocenters. The Balaban J connectivity index is 0.000000403. The molecule has 2 fully saturated rings. The zero-order chi connectivity index (χ0) is 28.4. The molecule has 2 N–H and O–H groups in total. The molecular formula is C39H53N. The Morgan fingerprint density at radius 3 is 1.35 bits per heavy atom. The second kappa shape index (κ2) is 12.1. The van der Waals surface area contributed by atoms with E-state index in [1.165, 1.54) is 49.7 Å². The van der Waals surface area contributed by atoms with Crippen LogP contribution in [0.3, 0.4) is 0 Å². The van der Waals surface area contributed by atoms with Gasteiger partial charge in [0.25, 0.3) is 0 Å². The third-order valence-electron chi connectivity index (χ3n) is 11.0. The van der Waals surface area contributed by atoms with Gasteiger partial charge in [-0.2, -0.15) is 0 Å². The van der Waals surface area contributed by atoms with Crippen molar-refractivity contribution in [3.63, 3.8) is 0 Å². The second-order valence-corrected chi connectivity index (χ2v) is 14.2. The van der Waals surface area contributed by atoms with E-state index in [1.54, 1.807) is 11.1 Å². The molecule has 0 bridgehead atoms. The number of para-hydroxylation sites is 1. The second-order valence-electron chi connectivity index (χ2n) is 14.2. The third kappa shape index (κ3) is 5.26. The smallest absolute Gasteiger partial charge is 0.0313 e. The molecule has 1 nitrogen and oxygen atoms in total. The lowest BCUT2D eigenvalue weighted by molar-refractivity contribution is 0.00209. The van der Waals surface area contributed by atoms with Crippen molar-refractivity contribution < 1.29 is 0 Å². The highest BCUT2D eigenvalue weighted by molar-refractivity contribution is 5.81. The number of hydrogen-bond donors (Lipinski definition) is 1. The molecule has 6 rings (SSSR count). The molecule has 3 aromatic carbocycles. The first-order valence-corrected chi connectivity index (χ1v) is 16.2. The van der Waals surface area contributed by atoms with E-state index in [1.807, 2.05) is 30.3 Å². The van der Waals surface area contributed by atoms with Crippen LogP contribution in [0.15, 0.2) is 78.9 Å². The average molecular weight is 536 g/mol. The Labute approximate surface area is 245 Å². The summed E-state index contributed by atoms with van der Waals surface area (Å²) in [5.41, 5.74) is 12.8. The minimum Gasteiger partial charge on any atom is -0.399 e. The summed E-state index contributed by atoms with van der Waals surface area (Å²) in [5, 5.41) is 0. The minimum absolute atomic E-state index is 0.167. The van der Waals surface area contributed by atoms with Crippen molar-refractivity contribution in [1.29, 1.82) is 0 Å². The number of fused-ring (bicyclic) bond motifs is 3. The molecule has 0 spiro atoms. The molecule has 0 aromatic heterocycles. The highest BCUT2D eigenvalue weighted by atomic mass is 14.6. The molecule has 0 amide bonds. The number of nitrogen functional groups attached to an aromatic ring is 1. The largest absolute Gasteiger partial charge is 0.399 e. The van der Waals surface area contributed by atoms with Gasteiger partial charge < -0.3 is 5.73 Å². The minimum atomic E-state index is 0.167. The SMILES string of the molecule is CC1CCC(C(C)C)C(C2(C3CC(C)CCC3C(C)C)c3ccccc3-c3ccccc32)C1.Nc1ccccc1. The fourth-order valence-electron chi connectivity index (χ4n) is 9.28. The van der Waals surface area contributed by atoms with Crippen LogP contribution in [-0.4, -0.2) is 0 Å². The van der Waals surface area contributed by atoms with Crippen LogP contribution in [0.4, 0.5) is 5.69 Å². The fourth-order valence-corrected chi connectivity index (χ4v) is 9.28. The first-order valence-electron chi connectivity index (χ1n) is 16.2. The van der Waals surface area contributed by atoms with Gasteiger partial charge in [0.15, 0.2) is 0 Å². The maximum atomic E-state index is 5.36. The summed E-state index contributed by atoms with van der Waals surface area (Å²) in [6, 6.07) is 28.7. The Morgan fingerprint density at radius 1 is 0.575 bits per heavy atom. The Morgan fingerprint density at radius 2 is 0.975 bits per heavy atom. The predicted molar refractivity (Wildman–Crippen MR) is 173 cm³/mol. The highest BCUT2D eigenvalue weighted by Gasteiger charge is 2.58. The molecule has 0 radical (unpaired) electrons. The van der Waals surface area contributed by atoms with Crippen LogP contribution in [0.1, 0.15) is 91.2 Å². The average Bonchev–Trinajstić information content (AvgIpc) is 3.24. The number of rotatable bonds is 4. The molecule has 6 atom stereocenters. The van der Waals surface area contributed by atoms with Gasteiger partial charge in [0.05, 0.1) is 0 Å². The van der Waals surface area contributed by atoms with E-state index in [4.69, 9.17) is 5.73 Å². The number of nitrogens with two attached hydrogens (primary N) is 1. The zero-order valence-corrected chi connectivity index (χ0v) is 25.9. The molecule has 1 heteroatoms. The molecule has 0 aliphatic heterocycles. The summed E-state index contributed by atoms with van der Waals surface area (Å²) >= 11 is 0. The summed E-state index contributed by atoms with van der Waals surface area (Å²) < 4.78 is 0. The van der Waals surface area contributed by atoms with Crippen molar-refractivity contribution in [2.45, 2.75) is 85.5 Å². The van der Waals surface area contributed by atoms with Crippen LogP contribution in [0, 0.1) is 47.3 Å². The molecule has 2 saturated carbocycles. The molecule has 0 heterocycles. The van der Waals surface area contributed by atoms with Crippen LogP contribution in [-0.2, 0) is 5.41 Å². The van der Waals surface area contributed by atoms with E-state index in [0.717, 1.165) is 53.0 Å². The van der Waals surface area contributed by atoms with Gasteiger partial charge in [-0.25, -0.2) is 0 Å². The van der Waals surface area contributed by atoms with E-state index >= 15 is 0 Å². The van der Waals surface area contributed by atoms with Crippen LogP contribution < -0.4 is 5.73 Å². The van der Waals surface area contributed by atoms with Gasteiger partial charge in [-0.15, -0.1) is 0 Å². The van der Waals surface area contributed by atoms with Crippen molar-refractivity contribution in [1.82, 2.24) is 0 Å². The zero-order valence-electron chi connectivity index (χ0n) is 25.9. The highest BCUT2D eigenvalue weighted by Crippen LogP contribution is 2.65. The van der Waals surface area contributed by atoms with Gasteiger partial charge >= 0.3 is 0 Å². The van der Waals surface area contributed by atoms with Crippen LogP contribution >= 0.6 is 0 Å². The molecule has 3 aliphatic rings. The number of anilines is 1. The number of hydrogen-bond acceptors (Lipinski definition) is 1. The van der Waals surface area contributed by atoms with E-state index in [2.05, 4.69) is 90.1 Å². The van der Waals surface area contributed by atoms with Crippen molar-refractivity contribution in [3.8, 4) is 11.1 Å². The van der Waals surface area contributed by atoms with E-state index in [-0.39, 0.29) is 5.41 Å². The van der Waals surface area contributed by atoms with Gasteiger partial charge in [0, 0.05) is 11.1 Å². The first-order chi connectivity index (χ1) is 19.2. The maximum absolute atomic E-state index is 5.36. The molecule has 40 heavy (non-hydrogen) atoms. The summed E-state index contributed by atoms with van der Waals surface area (Å²) in [5.74, 6) is 6.26. The summed E-state index contributed by atoms with van der Waals surface area (Å²) in [4.78, 5) is 0. The molecule has 214 valence electrons. The Kier molecular flexibility index (Phi) is 8.79. The molecular weight excluding hydrogens is 482 g/mol. The van der Waals surface area contributed by atoms with Gasteiger partial charge in [-0.1, -0.05) is 121 Å². The lowest BCUT2D eigenvalue weighted by Crippen LogP contribution is -2.52. The quantitative estimate of drug-likeness (QED) is 0.330. The van der Waals surface area contributed by atoms with Crippen molar-refractivity contribution in [3.05, 3.63) is 90.0 Å². The van der Waals surface area contributed by atoms with E-state index < -0.39 is 0 Å². The van der Waals surface area contributed by atoms with Gasteiger partial charge in [0.1, 0.15) is 0 Å². The van der Waals surface area contributed by atoms with Gasteiger partial charge in [-0.3, -0.25) is 0 Å². The fraction of sp³-hybridized carbons (Fsp3) is 0.538. The monoisotopic (exact) mass is 535 g/mol. The molecule has 3 aliphatic carbocycles. The van der Waals surface area contributed by atoms with Gasteiger partial charge in [-0.05, 0) is 107 Å². The van der Waals surface area contributed by atoms with E-state index in [0.29, 0.717) is 0 Å². The van der Waals surface area contributed by atoms with Crippen molar-refractivity contribution >= 4 is 5.69 Å². The lowest BCUT2D eigenvalue weighted by atomic mass is 9.47. The summed E-state index contributed by atoms with van der Waals surface area (Å²) in [7, 11) is 0. The van der Waals surface area contributed by atoms with Crippen molar-refractivity contribution in [2.24, 2.45) is 47.3 Å². The Hall–Kier alpha value is -2.54. The maximum Gasteiger partial charge on any atom is 0.0313 e. The van der Waals surface area contributed by atoms with Gasteiger partial charge in [0.2, 0.25) is 0 Å². The predicted octanol–water partition coefficient (Wildman–Crippen LogP) is 10.6. The normalized spacial score (nSPS) is 28.9. The van der Waals surface area contributed by atoms with E-state index in [9.17, 15) is 0 Å². The van der Waals surface area contributed by atoms with Crippen LogP contribution in [0.2, 0.25) is 0 Å². The lowest BCUT2D eigenvalue weighted by Gasteiger charge is -2.56. The third-order valence-corrected chi connectivity index (χ3v) is 11.0. The first kappa shape index (κ1) is 29.0. The number of benzene rings is 3. The summed E-state index contributed by atoms with van der Waals surface area (Å²) in [6.07, 6.45) is 8.41. The molecule has 0 saturated heterocycles. The Bertz CT molecular complexity index is 1160. The standard InChI is InChI=1S/C33H46.C6H7N/c1-21(2)25-17-15-23(5)19-31(25)33(32-20-24(6)16-18-26(32)22(3)4)29-13-9-7-11-27(29)28-12-8-10-14-30(28)33;7-6-4-2-1-3-5-6/h7-14,21-26,31-32H,15-20H2,1-6H3;1-5H,7H2.